The van der Waals surface area contributed by atoms with E-state index in [-0.39, 0.29) is 5.31 Å². The zero-order valence-corrected chi connectivity index (χ0v) is 9.39. The van der Waals surface area contributed by atoms with Crippen LogP contribution in [0.3, 0.4) is 0 Å². The molecule has 0 amide bonds. The molecule has 0 heterocycles. The number of hydrogen-bond donors (Lipinski definition) is 0. The van der Waals surface area contributed by atoms with Gasteiger partial charge in [0.15, 0.2) is 0 Å². The van der Waals surface area contributed by atoms with Crippen molar-refractivity contribution < 1.29 is 0 Å². The fourth-order valence-electron chi connectivity index (χ4n) is 1.68. The molecule has 0 aliphatic rings. The van der Waals surface area contributed by atoms with Gasteiger partial charge >= 0.3 is 0 Å². The van der Waals surface area contributed by atoms with Crippen LogP contribution in [0.4, 0.5) is 0 Å². The van der Waals surface area contributed by atoms with Gasteiger partial charge in [-0.2, -0.15) is 0 Å². The van der Waals surface area contributed by atoms with Crippen molar-refractivity contribution in [3.63, 3.8) is 0 Å². The zero-order chi connectivity index (χ0) is 10.1. The maximum Gasteiger partial charge on any atom is 0.114 e. The lowest BCUT2D eigenvalue weighted by atomic mass is 9.65. The molecule has 70 valence electrons. The van der Waals surface area contributed by atoms with Gasteiger partial charge in [0, 0.05) is 0 Å². The lowest BCUT2D eigenvalue weighted by Crippen LogP contribution is -2.19. The zero-order valence-electron chi connectivity index (χ0n) is 9.39. The third-order valence-corrected chi connectivity index (χ3v) is 2.39. The van der Waals surface area contributed by atoms with Crippen LogP contribution in [0.25, 0.3) is 0 Å². The Morgan fingerprint density at radius 1 is 1.15 bits per heavy atom. The van der Waals surface area contributed by atoms with Gasteiger partial charge in [-0.3, -0.25) is 0 Å². The van der Waals surface area contributed by atoms with Crippen molar-refractivity contribution in [2.24, 2.45) is 0 Å². The maximum absolute atomic E-state index is 2.27. The van der Waals surface area contributed by atoms with Gasteiger partial charge < -0.3 is 0 Å². The summed E-state index contributed by atoms with van der Waals surface area (Å²) >= 11 is 0. The third kappa shape index (κ3) is 2.36. The maximum atomic E-state index is 2.27. The Hall–Kier alpha value is -0.715. The Labute approximate surface area is 82.8 Å². The average molecular weight is 174 g/mol. The molecule has 0 aliphatic heterocycles. The first-order valence-electron chi connectivity index (χ1n) is 5.02. The van der Waals surface area contributed by atoms with Crippen LogP contribution in [-0.4, -0.2) is 7.85 Å². The standard InChI is InChI=1S/C12H19B/c1-9(2)10-7-5-6-8-11(10)12(3,4)13/h5-9H,13H2,1-4H3. The minimum atomic E-state index is 0.265. The molecule has 1 aromatic rings. The highest BCUT2D eigenvalue weighted by molar-refractivity contribution is 6.15. The SMILES string of the molecule is BC(C)(C)c1ccccc1C(C)C. The van der Waals surface area contributed by atoms with E-state index in [0.29, 0.717) is 5.92 Å². The average Bonchev–Trinajstić information content (AvgIpc) is 2.03. The Bertz CT molecular complexity index is 281. The lowest BCUT2D eigenvalue weighted by molar-refractivity contribution is 0.726. The Morgan fingerprint density at radius 2 is 1.69 bits per heavy atom. The van der Waals surface area contributed by atoms with Gasteiger partial charge in [-0.25, -0.2) is 0 Å². The molecule has 1 rings (SSSR count). The van der Waals surface area contributed by atoms with E-state index in [9.17, 15) is 0 Å². The Balaban J connectivity index is 3.20. The summed E-state index contributed by atoms with van der Waals surface area (Å²) in [6.07, 6.45) is 0. The fourth-order valence-corrected chi connectivity index (χ4v) is 1.68. The summed E-state index contributed by atoms with van der Waals surface area (Å²) < 4.78 is 0. The minimum Gasteiger partial charge on any atom is -0.0632 e. The molecule has 0 aromatic heterocycles. The molecule has 0 saturated heterocycles. The van der Waals surface area contributed by atoms with Crippen LogP contribution in [0.1, 0.15) is 44.7 Å². The number of benzene rings is 1. The largest absolute Gasteiger partial charge is 0.114 e. The minimum absolute atomic E-state index is 0.265. The molecule has 0 N–H and O–H groups in total. The molecule has 0 unspecified atom stereocenters. The van der Waals surface area contributed by atoms with Gasteiger partial charge in [0.1, 0.15) is 7.85 Å². The van der Waals surface area contributed by atoms with Crippen LogP contribution >= 0.6 is 0 Å². The van der Waals surface area contributed by atoms with Gasteiger partial charge in [-0.15, -0.1) is 0 Å². The summed E-state index contributed by atoms with van der Waals surface area (Å²) in [5.41, 5.74) is 2.96. The molecular formula is C12H19B. The molecule has 0 bridgehead atoms. The van der Waals surface area contributed by atoms with Crippen molar-refractivity contribution in [3.05, 3.63) is 35.4 Å². The van der Waals surface area contributed by atoms with Crippen molar-refractivity contribution in [1.82, 2.24) is 0 Å². The Morgan fingerprint density at radius 3 is 2.08 bits per heavy atom. The molecule has 0 nitrogen and oxygen atoms in total. The second kappa shape index (κ2) is 3.57. The number of hydrogen-bond acceptors (Lipinski definition) is 0. The van der Waals surface area contributed by atoms with Gasteiger partial charge in [0.2, 0.25) is 0 Å². The molecule has 0 aliphatic carbocycles. The van der Waals surface area contributed by atoms with Crippen LogP contribution in [0.2, 0.25) is 0 Å². The van der Waals surface area contributed by atoms with E-state index in [1.165, 1.54) is 11.1 Å². The molecule has 0 atom stereocenters. The molecule has 1 aromatic carbocycles. The summed E-state index contributed by atoms with van der Waals surface area (Å²) in [7, 11) is 2.27. The predicted octanol–water partition coefficient (Wildman–Crippen LogP) is 2.68. The summed E-state index contributed by atoms with van der Waals surface area (Å²) in [4.78, 5) is 0. The van der Waals surface area contributed by atoms with Crippen LogP contribution in [0.15, 0.2) is 24.3 Å². The van der Waals surface area contributed by atoms with Gasteiger partial charge in [-0.05, 0) is 22.4 Å². The van der Waals surface area contributed by atoms with E-state index in [1.807, 2.05) is 0 Å². The first-order chi connectivity index (χ1) is 5.93. The van der Waals surface area contributed by atoms with Crippen molar-refractivity contribution in [3.8, 4) is 0 Å². The van der Waals surface area contributed by atoms with Crippen molar-refractivity contribution >= 4 is 7.85 Å². The highest BCUT2D eigenvalue weighted by atomic mass is 14.2. The van der Waals surface area contributed by atoms with E-state index < -0.39 is 0 Å². The molecule has 13 heavy (non-hydrogen) atoms. The Kier molecular flexibility index (Phi) is 2.85. The van der Waals surface area contributed by atoms with E-state index >= 15 is 0 Å². The van der Waals surface area contributed by atoms with Crippen LogP contribution in [0.5, 0.6) is 0 Å². The molecular weight excluding hydrogens is 155 g/mol. The molecule has 0 saturated carbocycles. The lowest BCUT2D eigenvalue weighted by Gasteiger charge is -2.24. The van der Waals surface area contributed by atoms with E-state index in [4.69, 9.17) is 0 Å². The quantitative estimate of drug-likeness (QED) is 0.604. The monoisotopic (exact) mass is 174 g/mol. The summed E-state index contributed by atoms with van der Waals surface area (Å²) in [6, 6.07) is 8.75. The van der Waals surface area contributed by atoms with E-state index in [2.05, 4.69) is 59.8 Å². The van der Waals surface area contributed by atoms with Gasteiger partial charge in [0.05, 0.1) is 0 Å². The molecule has 0 radical (unpaired) electrons. The fraction of sp³-hybridized carbons (Fsp3) is 0.500. The smallest absolute Gasteiger partial charge is 0.0632 e. The normalized spacial score (nSPS) is 12.1. The highest BCUT2D eigenvalue weighted by Gasteiger charge is 2.18. The second-order valence-electron chi connectivity index (χ2n) is 4.99. The van der Waals surface area contributed by atoms with Gasteiger partial charge in [-0.1, -0.05) is 52.0 Å². The van der Waals surface area contributed by atoms with Crippen molar-refractivity contribution in [2.75, 3.05) is 0 Å². The van der Waals surface area contributed by atoms with Crippen LogP contribution < -0.4 is 0 Å². The predicted molar refractivity (Wildman–Crippen MR) is 62.1 cm³/mol. The van der Waals surface area contributed by atoms with Crippen LogP contribution in [-0.2, 0) is 5.31 Å². The summed E-state index contributed by atoms with van der Waals surface area (Å²) in [5.74, 6) is 0.621. The number of rotatable bonds is 2. The second-order valence-corrected chi connectivity index (χ2v) is 4.99. The molecule has 1 heteroatoms. The molecule has 0 fully saturated rings. The van der Waals surface area contributed by atoms with Gasteiger partial charge in [0.25, 0.3) is 0 Å². The van der Waals surface area contributed by atoms with Crippen LogP contribution in [0, 0.1) is 0 Å². The summed E-state index contributed by atoms with van der Waals surface area (Å²) in [5, 5.41) is 0.265. The first-order valence-corrected chi connectivity index (χ1v) is 5.02. The highest BCUT2D eigenvalue weighted by Crippen LogP contribution is 2.27. The first kappa shape index (κ1) is 10.4. The van der Waals surface area contributed by atoms with E-state index in [1.54, 1.807) is 0 Å². The van der Waals surface area contributed by atoms with E-state index in [0.717, 1.165) is 0 Å². The third-order valence-electron chi connectivity index (χ3n) is 2.39. The molecule has 0 spiro atoms. The van der Waals surface area contributed by atoms with Crippen molar-refractivity contribution in [2.45, 2.75) is 38.9 Å². The van der Waals surface area contributed by atoms with Crippen molar-refractivity contribution in [1.29, 1.82) is 0 Å². The summed E-state index contributed by atoms with van der Waals surface area (Å²) in [6.45, 7) is 9.05. The topological polar surface area (TPSA) is 0 Å².